The fourth-order valence-electron chi connectivity index (χ4n) is 4.94. The first-order valence-corrected chi connectivity index (χ1v) is 13.3. The van der Waals surface area contributed by atoms with Crippen LogP contribution >= 0.6 is 11.8 Å². The lowest BCUT2D eigenvalue weighted by Gasteiger charge is -2.29. The molecule has 0 bridgehead atoms. The highest BCUT2D eigenvalue weighted by Gasteiger charge is 2.40. The van der Waals surface area contributed by atoms with E-state index in [1.807, 2.05) is 4.90 Å². The number of unbranched alkanes of at least 4 members (excludes halogenated alkanes) is 3. The number of fused-ring (bicyclic) bond motifs is 1. The lowest BCUT2D eigenvalue weighted by molar-refractivity contribution is -0.137. The third-order valence-corrected chi connectivity index (χ3v) is 8.00. The number of halogens is 1. The molecule has 7 nitrogen and oxygen atoms in total. The zero-order valence-corrected chi connectivity index (χ0v) is 20.3. The second-order valence-corrected chi connectivity index (χ2v) is 10.4. The van der Waals surface area contributed by atoms with Gasteiger partial charge in [-0.05, 0) is 62.0 Å². The summed E-state index contributed by atoms with van der Waals surface area (Å²) in [7, 11) is 0. The van der Waals surface area contributed by atoms with Crippen LogP contribution in [-0.4, -0.2) is 58.3 Å². The van der Waals surface area contributed by atoms with Crippen molar-refractivity contribution >= 4 is 35.4 Å². The number of nitrogens with one attached hydrogen (secondary N) is 1. The summed E-state index contributed by atoms with van der Waals surface area (Å²) in [5.74, 6) is -0.549. The number of nitrogens with zero attached hydrogens (tertiary/aromatic N) is 2. The van der Waals surface area contributed by atoms with E-state index in [1.54, 1.807) is 0 Å². The van der Waals surface area contributed by atoms with Gasteiger partial charge in [0.15, 0.2) is 0 Å². The Hall–Kier alpha value is -2.42. The molecule has 3 aliphatic heterocycles. The van der Waals surface area contributed by atoms with Gasteiger partial charge in [-0.1, -0.05) is 12.8 Å². The molecule has 2 saturated heterocycles. The van der Waals surface area contributed by atoms with Crippen LogP contribution in [0.4, 0.5) is 4.39 Å². The molecule has 1 N–H and O–H groups in total. The molecular formula is C25H32FN3O4S. The Labute approximate surface area is 203 Å². The Balaban J connectivity index is 1.24. The third-order valence-electron chi connectivity index (χ3n) is 6.83. The van der Waals surface area contributed by atoms with Crippen LogP contribution in [0, 0.1) is 5.82 Å². The van der Waals surface area contributed by atoms with E-state index >= 15 is 0 Å². The SMILES string of the molecule is O=C1CCC(N2Cc3c(SCCCCCCC(=O)N4CCCCC4)cc(F)cc3C2=O)C(=O)N1. The third kappa shape index (κ3) is 5.79. The van der Waals surface area contributed by atoms with Crippen LogP contribution < -0.4 is 5.32 Å². The van der Waals surface area contributed by atoms with Gasteiger partial charge in [-0.2, -0.15) is 0 Å². The molecule has 34 heavy (non-hydrogen) atoms. The van der Waals surface area contributed by atoms with Crippen molar-refractivity contribution in [3.8, 4) is 0 Å². The Kier molecular flexibility index (Phi) is 8.24. The molecule has 184 valence electrons. The van der Waals surface area contributed by atoms with Crippen molar-refractivity contribution in [3.63, 3.8) is 0 Å². The standard InChI is InChI=1S/C25H32FN3O4S/c26-17-14-18-19(16-29(25(18)33)20-9-10-22(30)27-24(20)32)21(15-17)34-13-7-2-1-4-8-23(31)28-11-5-3-6-12-28/h14-15,20H,1-13,16H2,(H,27,30,32). The number of hydrogen-bond acceptors (Lipinski definition) is 5. The smallest absolute Gasteiger partial charge is 0.255 e. The van der Waals surface area contributed by atoms with Crippen molar-refractivity contribution in [1.82, 2.24) is 15.1 Å². The number of piperidine rings is 2. The van der Waals surface area contributed by atoms with Crippen molar-refractivity contribution in [1.29, 1.82) is 0 Å². The number of imide groups is 1. The molecule has 0 aromatic heterocycles. The number of likely N-dealkylation sites (tertiary alicyclic amines) is 1. The summed E-state index contributed by atoms with van der Waals surface area (Å²) < 4.78 is 14.3. The zero-order chi connectivity index (χ0) is 24.1. The first-order chi connectivity index (χ1) is 16.4. The van der Waals surface area contributed by atoms with E-state index in [-0.39, 0.29) is 37.1 Å². The van der Waals surface area contributed by atoms with Gasteiger partial charge < -0.3 is 9.80 Å². The number of thioether (sulfide) groups is 1. The van der Waals surface area contributed by atoms with Crippen LogP contribution in [0.15, 0.2) is 17.0 Å². The van der Waals surface area contributed by atoms with E-state index in [1.165, 1.54) is 35.2 Å². The minimum atomic E-state index is -0.703. The summed E-state index contributed by atoms with van der Waals surface area (Å²) in [4.78, 5) is 53.0. The van der Waals surface area contributed by atoms with E-state index < -0.39 is 17.8 Å². The largest absolute Gasteiger partial charge is 0.343 e. The lowest BCUT2D eigenvalue weighted by Crippen LogP contribution is -2.52. The number of benzene rings is 1. The van der Waals surface area contributed by atoms with Gasteiger partial charge in [-0.15, -0.1) is 11.8 Å². The number of carbonyl (C=O) groups excluding carboxylic acids is 4. The van der Waals surface area contributed by atoms with E-state index in [4.69, 9.17) is 0 Å². The van der Waals surface area contributed by atoms with Gasteiger partial charge >= 0.3 is 0 Å². The van der Waals surface area contributed by atoms with Crippen molar-refractivity contribution in [3.05, 3.63) is 29.1 Å². The summed E-state index contributed by atoms with van der Waals surface area (Å²) in [6.07, 6.45) is 8.37. The molecule has 9 heteroatoms. The highest BCUT2D eigenvalue weighted by molar-refractivity contribution is 7.99. The lowest BCUT2D eigenvalue weighted by atomic mass is 10.0. The van der Waals surface area contributed by atoms with E-state index in [2.05, 4.69) is 5.32 Å². The topological polar surface area (TPSA) is 86.8 Å². The van der Waals surface area contributed by atoms with E-state index in [0.29, 0.717) is 12.0 Å². The normalized spacial score (nSPS) is 20.5. The predicted molar refractivity (Wildman–Crippen MR) is 127 cm³/mol. The van der Waals surface area contributed by atoms with Gasteiger partial charge in [0.25, 0.3) is 5.91 Å². The van der Waals surface area contributed by atoms with Crippen molar-refractivity contribution in [2.24, 2.45) is 0 Å². The Morgan fingerprint density at radius 2 is 1.82 bits per heavy atom. The summed E-state index contributed by atoms with van der Waals surface area (Å²) >= 11 is 1.53. The molecule has 4 rings (SSSR count). The molecule has 3 heterocycles. The molecule has 4 amide bonds. The van der Waals surface area contributed by atoms with Crippen LogP contribution in [0.3, 0.4) is 0 Å². The summed E-state index contributed by atoms with van der Waals surface area (Å²) in [6.45, 7) is 2.05. The Morgan fingerprint density at radius 1 is 1.06 bits per heavy atom. The van der Waals surface area contributed by atoms with Gasteiger partial charge in [-0.25, -0.2) is 4.39 Å². The zero-order valence-electron chi connectivity index (χ0n) is 19.4. The monoisotopic (exact) mass is 489 g/mol. The number of rotatable bonds is 9. The van der Waals surface area contributed by atoms with E-state index in [0.717, 1.165) is 67.8 Å². The first kappa shape index (κ1) is 24.7. The highest BCUT2D eigenvalue weighted by Crippen LogP contribution is 2.35. The van der Waals surface area contributed by atoms with Crippen molar-refractivity contribution < 1.29 is 23.6 Å². The fourth-order valence-corrected chi connectivity index (χ4v) is 6.05. The van der Waals surface area contributed by atoms with Crippen molar-refractivity contribution in [2.45, 2.75) is 81.7 Å². The van der Waals surface area contributed by atoms with Crippen LogP contribution in [-0.2, 0) is 20.9 Å². The van der Waals surface area contributed by atoms with Crippen LogP contribution in [0.5, 0.6) is 0 Å². The van der Waals surface area contributed by atoms with Gasteiger partial charge in [0.2, 0.25) is 17.7 Å². The van der Waals surface area contributed by atoms with Crippen LogP contribution in [0.1, 0.15) is 80.1 Å². The van der Waals surface area contributed by atoms with Crippen LogP contribution in [0.2, 0.25) is 0 Å². The predicted octanol–water partition coefficient (Wildman–Crippen LogP) is 3.64. The van der Waals surface area contributed by atoms with Crippen LogP contribution in [0.25, 0.3) is 0 Å². The average molecular weight is 490 g/mol. The maximum atomic E-state index is 14.3. The Bertz CT molecular complexity index is 964. The number of amides is 4. The average Bonchev–Trinajstić information content (AvgIpc) is 3.15. The molecular weight excluding hydrogens is 457 g/mol. The summed E-state index contributed by atoms with van der Waals surface area (Å²) in [5, 5.41) is 2.29. The minimum Gasteiger partial charge on any atom is -0.343 e. The molecule has 0 radical (unpaired) electrons. The second-order valence-electron chi connectivity index (χ2n) is 9.28. The van der Waals surface area contributed by atoms with Gasteiger partial charge in [0.1, 0.15) is 11.9 Å². The maximum absolute atomic E-state index is 14.3. The van der Waals surface area contributed by atoms with Gasteiger partial charge in [0, 0.05) is 42.9 Å². The number of carbonyl (C=O) groups is 4. The molecule has 1 unspecified atom stereocenters. The fraction of sp³-hybridized carbons (Fsp3) is 0.600. The van der Waals surface area contributed by atoms with E-state index in [9.17, 15) is 23.6 Å². The highest BCUT2D eigenvalue weighted by atomic mass is 32.2. The summed E-state index contributed by atoms with van der Waals surface area (Å²) in [6, 6.07) is 2.00. The molecule has 0 spiro atoms. The number of hydrogen-bond donors (Lipinski definition) is 1. The molecule has 0 aliphatic carbocycles. The molecule has 2 fully saturated rings. The first-order valence-electron chi connectivity index (χ1n) is 12.3. The molecule has 0 saturated carbocycles. The molecule has 1 atom stereocenters. The minimum absolute atomic E-state index is 0.191. The van der Waals surface area contributed by atoms with Gasteiger partial charge in [0.05, 0.1) is 0 Å². The second kappa shape index (κ2) is 11.3. The quantitative estimate of drug-likeness (QED) is 0.325. The summed E-state index contributed by atoms with van der Waals surface area (Å²) in [5.41, 5.74) is 1.07. The van der Waals surface area contributed by atoms with Crippen molar-refractivity contribution in [2.75, 3.05) is 18.8 Å². The van der Waals surface area contributed by atoms with Gasteiger partial charge in [-0.3, -0.25) is 24.5 Å². The molecule has 3 aliphatic rings. The maximum Gasteiger partial charge on any atom is 0.255 e. The Morgan fingerprint density at radius 3 is 2.59 bits per heavy atom. The molecule has 1 aromatic carbocycles. The molecule has 1 aromatic rings.